The summed E-state index contributed by atoms with van der Waals surface area (Å²) in [4.78, 5) is 4.39. The lowest BCUT2D eigenvalue weighted by Crippen LogP contribution is -2.44. The first-order chi connectivity index (χ1) is 8.59. The molecule has 1 aliphatic rings. The fourth-order valence-electron chi connectivity index (χ4n) is 2.35. The molecule has 0 amide bonds. The number of hydrogen-bond donors (Lipinski definition) is 1. The molecule has 0 radical (unpaired) electrons. The van der Waals surface area contributed by atoms with Crippen LogP contribution in [-0.4, -0.2) is 43.2 Å². The third-order valence-corrected chi connectivity index (χ3v) is 3.60. The highest BCUT2D eigenvalue weighted by atomic mass is 32.1. The van der Waals surface area contributed by atoms with Gasteiger partial charge in [-0.15, -0.1) is 0 Å². The molecule has 0 unspecified atom stereocenters. The Morgan fingerprint density at radius 2 is 2.17 bits per heavy atom. The molecule has 1 heterocycles. The molecule has 0 bridgehead atoms. The van der Waals surface area contributed by atoms with Gasteiger partial charge in [0.15, 0.2) is 5.11 Å². The van der Waals surface area contributed by atoms with Crippen LogP contribution in [0.25, 0.3) is 0 Å². The van der Waals surface area contributed by atoms with Crippen LogP contribution >= 0.6 is 12.2 Å². The average molecular weight is 263 g/mol. The number of hydrogen-bond acceptors (Lipinski definition) is 2. The first-order valence-corrected chi connectivity index (χ1v) is 6.80. The van der Waals surface area contributed by atoms with E-state index in [0.717, 1.165) is 24.6 Å². The Morgan fingerprint density at radius 1 is 1.44 bits per heavy atom. The van der Waals surface area contributed by atoms with Gasteiger partial charge in [0, 0.05) is 24.8 Å². The summed E-state index contributed by atoms with van der Waals surface area (Å²) in [6, 6.07) is 8.96. The molecule has 98 valence electrons. The summed E-state index contributed by atoms with van der Waals surface area (Å²) in [6.45, 7) is 4.10. The molecule has 4 heteroatoms. The quantitative estimate of drug-likeness (QED) is 0.839. The highest BCUT2D eigenvalue weighted by molar-refractivity contribution is 7.80. The smallest absolute Gasteiger partial charge is 0.173 e. The molecular formula is C14H21N3S. The molecule has 1 aromatic rings. The monoisotopic (exact) mass is 263 g/mol. The number of nitrogens with zero attached hydrogens (tertiary/aromatic N) is 2. The zero-order valence-corrected chi connectivity index (χ0v) is 12.1. The van der Waals surface area contributed by atoms with Crippen LogP contribution in [0.5, 0.6) is 0 Å². The lowest BCUT2D eigenvalue weighted by atomic mass is 10.1. The van der Waals surface area contributed by atoms with Crippen molar-refractivity contribution in [3.8, 4) is 0 Å². The van der Waals surface area contributed by atoms with Crippen LogP contribution in [0.4, 0.5) is 5.69 Å². The van der Waals surface area contributed by atoms with Crippen LogP contribution < -0.4 is 10.2 Å². The molecule has 1 aliphatic heterocycles. The molecule has 0 saturated heterocycles. The van der Waals surface area contributed by atoms with Crippen LogP contribution in [-0.2, 0) is 6.42 Å². The van der Waals surface area contributed by atoms with E-state index in [1.165, 1.54) is 11.3 Å². The van der Waals surface area contributed by atoms with E-state index >= 15 is 0 Å². The van der Waals surface area contributed by atoms with E-state index in [1.807, 2.05) is 0 Å². The SMILES string of the molecule is C[C@@H]1Cc2ccccc2N1C(=S)NCCN(C)C. The molecule has 2 rings (SSSR count). The Labute approximate surface area is 115 Å². The molecular weight excluding hydrogens is 242 g/mol. The Balaban J connectivity index is 2.02. The van der Waals surface area contributed by atoms with Crippen LogP contribution in [0.1, 0.15) is 12.5 Å². The summed E-state index contributed by atoms with van der Waals surface area (Å²) in [5, 5.41) is 4.18. The Bertz CT molecular complexity index is 431. The lowest BCUT2D eigenvalue weighted by Gasteiger charge is -2.26. The number of thiocarbonyl (C=S) groups is 1. The van der Waals surface area contributed by atoms with Crippen LogP contribution in [0.3, 0.4) is 0 Å². The van der Waals surface area contributed by atoms with Gasteiger partial charge in [-0.2, -0.15) is 0 Å². The second kappa shape index (κ2) is 5.67. The Kier molecular flexibility index (Phi) is 4.19. The number of nitrogens with one attached hydrogen (secondary N) is 1. The standard InChI is InChI=1S/C14H21N3S/c1-11-10-12-6-4-5-7-13(12)17(11)14(18)15-8-9-16(2)3/h4-7,11H,8-10H2,1-3H3,(H,15,18)/t11-/m1/s1. The highest BCUT2D eigenvalue weighted by Gasteiger charge is 2.28. The predicted molar refractivity (Wildman–Crippen MR) is 81.2 cm³/mol. The summed E-state index contributed by atoms with van der Waals surface area (Å²) in [5.74, 6) is 0. The minimum Gasteiger partial charge on any atom is -0.361 e. The van der Waals surface area contributed by atoms with E-state index in [-0.39, 0.29) is 0 Å². The zero-order chi connectivity index (χ0) is 13.1. The summed E-state index contributed by atoms with van der Waals surface area (Å²) < 4.78 is 0. The number of rotatable bonds is 3. The van der Waals surface area contributed by atoms with Crippen molar-refractivity contribution in [3.63, 3.8) is 0 Å². The lowest BCUT2D eigenvalue weighted by molar-refractivity contribution is 0.412. The van der Waals surface area contributed by atoms with Crippen molar-refractivity contribution in [3.05, 3.63) is 29.8 Å². The van der Waals surface area contributed by atoms with Gasteiger partial charge < -0.3 is 15.1 Å². The fraction of sp³-hybridized carbons (Fsp3) is 0.500. The molecule has 0 fully saturated rings. The summed E-state index contributed by atoms with van der Waals surface area (Å²) in [5.41, 5.74) is 2.65. The van der Waals surface area contributed by atoms with Gasteiger partial charge in [0.2, 0.25) is 0 Å². The molecule has 0 aromatic heterocycles. The average Bonchev–Trinajstić information content (AvgIpc) is 2.64. The topological polar surface area (TPSA) is 18.5 Å². The maximum absolute atomic E-state index is 5.52. The van der Waals surface area contributed by atoms with E-state index in [2.05, 4.69) is 60.4 Å². The van der Waals surface area contributed by atoms with Gasteiger partial charge in [-0.3, -0.25) is 0 Å². The first-order valence-electron chi connectivity index (χ1n) is 6.39. The van der Waals surface area contributed by atoms with Crippen molar-refractivity contribution in [1.82, 2.24) is 10.2 Å². The van der Waals surface area contributed by atoms with Gasteiger partial charge in [-0.1, -0.05) is 18.2 Å². The van der Waals surface area contributed by atoms with Gasteiger partial charge in [0.25, 0.3) is 0 Å². The molecule has 1 N–H and O–H groups in total. The molecule has 1 atom stereocenters. The summed E-state index contributed by atoms with van der Waals surface area (Å²) >= 11 is 5.52. The van der Waals surface area contributed by atoms with Crippen molar-refractivity contribution in [2.45, 2.75) is 19.4 Å². The predicted octanol–water partition coefficient (Wildman–Crippen LogP) is 1.87. The van der Waals surface area contributed by atoms with Crippen molar-refractivity contribution >= 4 is 23.0 Å². The Morgan fingerprint density at radius 3 is 2.89 bits per heavy atom. The van der Waals surface area contributed by atoms with Gasteiger partial charge >= 0.3 is 0 Å². The van der Waals surface area contributed by atoms with Crippen molar-refractivity contribution in [2.75, 3.05) is 32.1 Å². The Hall–Kier alpha value is -1.13. The van der Waals surface area contributed by atoms with E-state index in [9.17, 15) is 0 Å². The van der Waals surface area contributed by atoms with Crippen LogP contribution in [0.2, 0.25) is 0 Å². The minimum absolute atomic E-state index is 0.446. The fourth-order valence-corrected chi connectivity index (χ4v) is 2.73. The summed E-state index contributed by atoms with van der Waals surface area (Å²) in [6.07, 6.45) is 1.08. The molecule has 3 nitrogen and oxygen atoms in total. The van der Waals surface area contributed by atoms with Crippen molar-refractivity contribution in [2.24, 2.45) is 0 Å². The maximum Gasteiger partial charge on any atom is 0.173 e. The van der Waals surface area contributed by atoms with Crippen molar-refractivity contribution in [1.29, 1.82) is 0 Å². The number of para-hydroxylation sites is 1. The van der Waals surface area contributed by atoms with E-state index in [0.29, 0.717) is 6.04 Å². The highest BCUT2D eigenvalue weighted by Crippen LogP contribution is 2.31. The molecule has 0 spiro atoms. The largest absolute Gasteiger partial charge is 0.361 e. The third-order valence-electron chi connectivity index (χ3n) is 3.26. The van der Waals surface area contributed by atoms with E-state index in [4.69, 9.17) is 12.2 Å². The second-order valence-electron chi connectivity index (χ2n) is 5.09. The molecule has 0 aliphatic carbocycles. The number of benzene rings is 1. The first kappa shape index (κ1) is 13.3. The van der Waals surface area contributed by atoms with Crippen molar-refractivity contribution < 1.29 is 0 Å². The molecule has 0 saturated carbocycles. The normalized spacial score (nSPS) is 18.0. The molecule has 18 heavy (non-hydrogen) atoms. The van der Waals surface area contributed by atoms with Gasteiger partial charge in [-0.25, -0.2) is 0 Å². The zero-order valence-electron chi connectivity index (χ0n) is 11.3. The van der Waals surface area contributed by atoms with Crippen LogP contribution in [0.15, 0.2) is 24.3 Å². The maximum atomic E-state index is 5.52. The number of anilines is 1. The van der Waals surface area contributed by atoms with E-state index < -0.39 is 0 Å². The number of fused-ring (bicyclic) bond motifs is 1. The number of likely N-dealkylation sites (N-methyl/N-ethyl adjacent to an activating group) is 1. The van der Waals surface area contributed by atoms with E-state index in [1.54, 1.807) is 0 Å². The third kappa shape index (κ3) is 2.82. The minimum atomic E-state index is 0.446. The van der Waals surface area contributed by atoms with Gasteiger partial charge in [0.1, 0.15) is 0 Å². The van der Waals surface area contributed by atoms with Gasteiger partial charge in [-0.05, 0) is 51.3 Å². The van der Waals surface area contributed by atoms with Gasteiger partial charge in [0.05, 0.1) is 0 Å². The second-order valence-corrected chi connectivity index (χ2v) is 5.47. The van der Waals surface area contributed by atoms with Crippen LogP contribution in [0, 0.1) is 0 Å². The summed E-state index contributed by atoms with van der Waals surface area (Å²) in [7, 11) is 4.14. The molecule has 1 aromatic carbocycles.